The van der Waals surface area contributed by atoms with Crippen molar-refractivity contribution in [1.82, 2.24) is 34.1 Å². The zero-order chi connectivity index (χ0) is 23.4. The summed E-state index contributed by atoms with van der Waals surface area (Å²) in [7, 11) is 5.39. The first kappa shape index (κ1) is 20.5. The molecule has 5 aromatic heterocycles. The Morgan fingerprint density at radius 1 is 1.03 bits per heavy atom. The van der Waals surface area contributed by atoms with Gasteiger partial charge in [0.25, 0.3) is 5.56 Å². The Hall–Kier alpha value is -4.05. The SMILES string of the molecule is COc1ccc(Cc2nc3c(s2)c2cnn(Cc4cccc5c4cnn5C)c(=O)c2n3C)cn1. The summed E-state index contributed by atoms with van der Waals surface area (Å²) in [4.78, 5) is 22.5. The smallest absolute Gasteiger partial charge is 0.291 e. The molecule has 0 saturated carbocycles. The number of hydrogen-bond donors (Lipinski definition) is 0. The topological polar surface area (TPSA) is 92.7 Å². The van der Waals surface area contributed by atoms with Crippen LogP contribution in [0.2, 0.25) is 0 Å². The fraction of sp³-hybridized carbons (Fsp3) is 0.208. The van der Waals surface area contributed by atoms with Gasteiger partial charge in [0.15, 0.2) is 5.65 Å². The highest BCUT2D eigenvalue weighted by atomic mass is 32.1. The molecule has 0 aliphatic heterocycles. The molecule has 10 heteroatoms. The van der Waals surface area contributed by atoms with Crippen molar-refractivity contribution in [3.05, 3.63) is 75.4 Å². The van der Waals surface area contributed by atoms with Gasteiger partial charge in [-0.25, -0.2) is 14.6 Å². The van der Waals surface area contributed by atoms with Crippen LogP contribution in [0, 0.1) is 0 Å². The minimum Gasteiger partial charge on any atom is -0.481 e. The molecule has 0 radical (unpaired) electrons. The normalized spacial score (nSPS) is 11.7. The number of nitrogens with zero attached hydrogens (tertiary/aromatic N) is 7. The van der Waals surface area contributed by atoms with Gasteiger partial charge in [-0.1, -0.05) is 18.2 Å². The summed E-state index contributed by atoms with van der Waals surface area (Å²) in [6, 6.07) is 9.83. The lowest BCUT2D eigenvalue weighted by molar-refractivity contribution is 0.397. The Labute approximate surface area is 197 Å². The molecule has 0 amide bonds. The van der Waals surface area contributed by atoms with Gasteiger partial charge in [0.1, 0.15) is 10.5 Å². The zero-order valence-corrected chi connectivity index (χ0v) is 19.7. The molecule has 0 saturated heterocycles. The molecule has 0 atom stereocenters. The third kappa shape index (κ3) is 3.18. The predicted molar refractivity (Wildman–Crippen MR) is 132 cm³/mol. The molecule has 170 valence electrons. The fourth-order valence-corrected chi connectivity index (χ4v) is 5.51. The summed E-state index contributed by atoms with van der Waals surface area (Å²) in [6.07, 6.45) is 6.07. The van der Waals surface area contributed by atoms with E-state index in [1.807, 2.05) is 59.9 Å². The van der Waals surface area contributed by atoms with Crippen LogP contribution in [0.1, 0.15) is 16.1 Å². The second-order valence-electron chi connectivity index (χ2n) is 8.19. The van der Waals surface area contributed by atoms with Crippen LogP contribution in [-0.2, 0) is 27.1 Å². The molecule has 0 aliphatic rings. The number of rotatable bonds is 5. The highest BCUT2D eigenvalue weighted by molar-refractivity contribution is 7.19. The van der Waals surface area contributed by atoms with Crippen LogP contribution in [0.15, 0.2) is 53.7 Å². The molecule has 6 aromatic rings. The summed E-state index contributed by atoms with van der Waals surface area (Å²) >= 11 is 1.59. The quantitative estimate of drug-likeness (QED) is 0.383. The van der Waals surface area contributed by atoms with Crippen LogP contribution in [0.5, 0.6) is 5.88 Å². The van der Waals surface area contributed by atoms with E-state index < -0.39 is 0 Å². The minimum absolute atomic E-state index is 0.132. The molecular weight excluding hydrogens is 450 g/mol. The molecule has 34 heavy (non-hydrogen) atoms. The lowest BCUT2D eigenvalue weighted by atomic mass is 10.1. The molecule has 1 aromatic carbocycles. The number of benzene rings is 1. The number of ether oxygens (including phenoxy) is 1. The summed E-state index contributed by atoms with van der Waals surface area (Å²) in [5.41, 5.74) is 4.35. The molecule has 0 N–H and O–H groups in total. The number of aryl methyl sites for hydroxylation is 2. The van der Waals surface area contributed by atoms with E-state index in [0.29, 0.717) is 24.4 Å². The van der Waals surface area contributed by atoms with Crippen LogP contribution in [0.3, 0.4) is 0 Å². The first-order valence-corrected chi connectivity index (χ1v) is 11.6. The van der Waals surface area contributed by atoms with E-state index in [4.69, 9.17) is 9.72 Å². The largest absolute Gasteiger partial charge is 0.481 e. The first-order valence-electron chi connectivity index (χ1n) is 10.8. The maximum atomic E-state index is 13.4. The molecule has 0 fully saturated rings. The van der Waals surface area contributed by atoms with Crippen molar-refractivity contribution in [1.29, 1.82) is 0 Å². The van der Waals surface area contributed by atoms with Crippen LogP contribution >= 0.6 is 11.3 Å². The summed E-state index contributed by atoms with van der Waals surface area (Å²) in [5, 5.41) is 11.7. The van der Waals surface area contributed by atoms with Crippen molar-refractivity contribution in [2.45, 2.75) is 13.0 Å². The molecule has 5 heterocycles. The van der Waals surface area contributed by atoms with Crippen molar-refractivity contribution in [3.63, 3.8) is 0 Å². The molecular formula is C24H21N7O2S. The van der Waals surface area contributed by atoms with Crippen LogP contribution < -0.4 is 10.3 Å². The Kier molecular flexibility index (Phi) is 4.70. The van der Waals surface area contributed by atoms with Crippen molar-refractivity contribution >= 4 is 43.5 Å². The number of aromatic nitrogens is 7. The standard InChI is InChI=1S/C24H21N7O2S/c1-29-21-17(22-23(29)28-20(34-22)9-14-7-8-19(33-3)25-10-14)12-27-31(24(21)32)13-15-5-4-6-18-16(15)11-26-30(18)2/h4-8,10-12H,9,13H2,1-3H3. The van der Waals surface area contributed by atoms with Gasteiger partial charge < -0.3 is 9.30 Å². The Morgan fingerprint density at radius 2 is 1.88 bits per heavy atom. The molecule has 9 nitrogen and oxygen atoms in total. The average molecular weight is 472 g/mol. The zero-order valence-electron chi connectivity index (χ0n) is 18.9. The van der Waals surface area contributed by atoms with Gasteiger partial charge in [-0.05, 0) is 17.2 Å². The average Bonchev–Trinajstić information content (AvgIpc) is 3.51. The lowest BCUT2D eigenvalue weighted by Gasteiger charge is -2.07. The van der Waals surface area contributed by atoms with Crippen LogP contribution in [0.4, 0.5) is 0 Å². The van der Waals surface area contributed by atoms with Gasteiger partial charge in [-0.2, -0.15) is 10.2 Å². The van der Waals surface area contributed by atoms with Gasteiger partial charge in [-0.3, -0.25) is 9.48 Å². The second-order valence-corrected chi connectivity index (χ2v) is 9.28. The van der Waals surface area contributed by atoms with E-state index in [1.165, 1.54) is 4.68 Å². The van der Waals surface area contributed by atoms with Gasteiger partial charge in [0.05, 0.1) is 36.3 Å². The highest BCUT2D eigenvalue weighted by Gasteiger charge is 2.19. The van der Waals surface area contributed by atoms with E-state index in [2.05, 4.69) is 15.2 Å². The Balaban J connectivity index is 1.38. The number of methoxy groups -OCH3 is 1. The van der Waals surface area contributed by atoms with Crippen LogP contribution in [-0.4, -0.2) is 41.2 Å². The van der Waals surface area contributed by atoms with Crippen LogP contribution in [0.25, 0.3) is 32.2 Å². The van der Waals surface area contributed by atoms with Gasteiger partial charge >= 0.3 is 0 Å². The van der Waals surface area contributed by atoms with Gasteiger partial charge in [0.2, 0.25) is 5.88 Å². The Bertz CT molecular complexity index is 1740. The first-order chi connectivity index (χ1) is 16.5. The summed E-state index contributed by atoms with van der Waals surface area (Å²) < 4.78 is 11.3. The van der Waals surface area contributed by atoms with E-state index in [9.17, 15) is 4.79 Å². The number of thiazole rings is 1. The minimum atomic E-state index is -0.132. The summed E-state index contributed by atoms with van der Waals surface area (Å²) in [5.74, 6) is 0.584. The van der Waals surface area contributed by atoms with Crippen molar-refractivity contribution < 1.29 is 4.74 Å². The summed E-state index contributed by atoms with van der Waals surface area (Å²) in [6.45, 7) is 0.375. The third-order valence-corrected chi connectivity index (χ3v) is 7.21. The van der Waals surface area contributed by atoms with Gasteiger partial charge in [0, 0.05) is 43.6 Å². The van der Waals surface area contributed by atoms with E-state index in [1.54, 1.807) is 30.8 Å². The fourth-order valence-electron chi connectivity index (χ4n) is 4.37. The molecule has 0 unspecified atom stereocenters. The number of pyridine rings is 1. The molecule has 0 bridgehead atoms. The van der Waals surface area contributed by atoms with Crippen molar-refractivity contribution in [2.75, 3.05) is 7.11 Å². The predicted octanol–water partition coefficient (Wildman–Crippen LogP) is 3.27. The third-order valence-electron chi connectivity index (χ3n) is 6.13. The maximum Gasteiger partial charge on any atom is 0.291 e. The number of hydrogen-bond acceptors (Lipinski definition) is 7. The lowest BCUT2D eigenvalue weighted by Crippen LogP contribution is -2.24. The molecule has 0 aliphatic carbocycles. The second kappa shape index (κ2) is 7.77. The van der Waals surface area contributed by atoms with E-state index in [0.717, 1.165) is 42.8 Å². The Morgan fingerprint density at radius 3 is 2.68 bits per heavy atom. The monoisotopic (exact) mass is 471 g/mol. The van der Waals surface area contributed by atoms with Crippen molar-refractivity contribution in [2.24, 2.45) is 14.1 Å². The van der Waals surface area contributed by atoms with E-state index >= 15 is 0 Å². The highest BCUT2D eigenvalue weighted by Crippen LogP contribution is 2.32. The van der Waals surface area contributed by atoms with Crippen molar-refractivity contribution in [3.8, 4) is 5.88 Å². The molecule has 6 rings (SSSR count). The maximum absolute atomic E-state index is 13.4. The van der Waals surface area contributed by atoms with E-state index in [-0.39, 0.29) is 5.56 Å². The number of fused-ring (bicyclic) bond motifs is 4. The molecule has 0 spiro atoms. The van der Waals surface area contributed by atoms with Gasteiger partial charge in [-0.15, -0.1) is 11.3 Å².